The summed E-state index contributed by atoms with van der Waals surface area (Å²) in [5, 5.41) is 8.24. The lowest BCUT2D eigenvalue weighted by Crippen LogP contribution is -2.35. The van der Waals surface area contributed by atoms with Crippen molar-refractivity contribution < 1.29 is 9.26 Å². The summed E-state index contributed by atoms with van der Waals surface area (Å²) in [7, 11) is 3.49. The topological polar surface area (TPSA) is 92.0 Å². The minimum Gasteiger partial charge on any atom is -0.383 e. The van der Waals surface area contributed by atoms with Crippen molar-refractivity contribution in [1.82, 2.24) is 19.9 Å². The molecule has 0 saturated heterocycles. The van der Waals surface area contributed by atoms with Gasteiger partial charge in [-0.1, -0.05) is 18.5 Å². The first-order chi connectivity index (χ1) is 10.1. The molecule has 1 aliphatic carbocycles. The first kappa shape index (κ1) is 14.1. The molecular weight excluding hydrogens is 270 g/mol. The second-order valence-corrected chi connectivity index (χ2v) is 5.89. The second kappa shape index (κ2) is 5.14. The highest BCUT2D eigenvalue weighted by Crippen LogP contribution is 2.41. The molecule has 0 amide bonds. The van der Waals surface area contributed by atoms with Crippen molar-refractivity contribution in [1.29, 1.82) is 0 Å². The van der Waals surface area contributed by atoms with Gasteiger partial charge < -0.3 is 15.0 Å². The molecule has 2 aromatic rings. The summed E-state index contributed by atoms with van der Waals surface area (Å²) in [6.07, 6.45) is 5.77. The van der Waals surface area contributed by atoms with Gasteiger partial charge in [0.25, 0.3) is 5.89 Å². The molecule has 114 valence electrons. The van der Waals surface area contributed by atoms with Crippen molar-refractivity contribution in [2.45, 2.75) is 38.2 Å². The highest BCUT2D eigenvalue weighted by molar-refractivity contribution is 5.66. The van der Waals surface area contributed by atoms with E-state index in [1.165, 1.54) is 6.42 Å². The Bertz CT molecular complexity index is 635. The number of methoxy groups -OCH3 is 1. The Morgan fingerprint density at radius 3 is 2.95 bits per heavy atom. The van der Waals surface area contributed by atoms with E-state index < -0.39 is 5.60 Å². The molecule has 3 rings (SSSR count). The summed E-state index contributed by atoms with van der Waals surface area (Å²) in [5.74, 6) is 2.10. The van der Waals surface area contributed by atoms with E-state index in [2.05, 4.69) is 22.2 Å². The fraction of sp³-hybridized carbons (Fsp3) is 0.643. The van der Waals surface area contributed by atoms with Gasteiger partial charge in [-0.2, -0.15) is 10.1 Å². The van der Waals surface area contributed by atoms with Crippen LogP contribution in [0.1, 0.15) is 38.4 Å². The summed E-state index contributed by atoms with van der Waals surface area (Å²) < 4.78 is 12.7. The molecule has 0 radical (unpaired) electrons. The molecule has 2 aromatic heterocycles. The summed E-state index contributed by atoms with van der Waals surface area (Å²) in [6.45, 7) is 2.23. The Labute approximate surface area is 123 Å². The number of hydrogen-bond acceptors (Lipinski definition) is 6. The summed E-state index contributed by atoms with van der Waals surface area (Å²) in [4.78, 5) is 4.52. The van der Waals surface area contributed by atoms with Crippen LogP contribution in [-0.2, 0) is 17.4 Å². The number of hydrogen-bond donors (Lipinski definition) is 1. The summed E-state index contributed by atoms with van der Waals surface area (Å²) in [5.41, 5.74) is 6.16. The highest BCUT2D eigenvalue weighted by Gasteiger charge is 2.41. The number of aryl methyl sites for hydroxylation is 1. The number of nitrogen functional groups attached to an aromatic ring is 1. The SMILES string of the molecule is COC1(c2noc(-c3cnn(C)c3N)n2)CCCC(C)C1. The van der Waals surface area contributed by atoms with Crippen LogP contribution >= 0.6 is 0 Å². The van der Waals surface area contributed by atoms with E-state index in [0.29, 0.717) is 29.0 Å². The molecule has 0 spiro atoms. The Morgan fingerprint density at radius 2 is 2.33 bits per heavy atom. The predicted octanol–water partition coefficient (Wildman–Crippen LogP) is 2.10. The lowest BCUT2D eigenvalue weighted by molar-refractivity contribution is -0.0658. The third-order valence-electron chi connectivity index (χ3n) is 4.40. The van der Waals surface area contributed by atoms with E-state index in [4.69, 9.17) is 15.0 Å². The average Bonchev–Trinajstić information content (AvgIpc) is 3.08. The molecule has 1 fully saturated rings. The molecule has 0 aliphatic heterocycles. The maximum absolute atomic E-state index is 5.95. The van der Waals surface area contributed by atoms with E-state index in [1.54, 1.807) is 25.0 Å². The summed E-state index contributed by atoms with van der Waals surface area (Å²) >= 11 is 0. The third kappa shape index (κ3) is 2.31. The van der Waals surface area contributed by atoms with Crippen molar-refractivity contribution in [2.24, 2.45) is 13.0 Å². The number of nitrogens with zero attached hydrogens (tertiary/aromatic N) is 4. The van der Waals surface area contributed by atoms with Gasteiger partial charge in [0.2, 0.25) is 5.82 Å². The molecule has 2 unspecified atom stereocenters. The third-order valence-corrected chi connectivity index (χ3v) is 4.40. The van der Waals surface area contributed by atoms with Crippen LogP contribution < -0.4 is 5.73 Å². The van der Waals surface area contributed by atoms with Crippen LogP contribution in [0.5, 0.6) is 0 Å². The van der Waals surface area contributed by atoms with Crippen LogP contribution in [0.15, 0.2) is 10.7 Å². The van der Waals surface area contributed by atoms with Crippen LogP contribution in [0.4, 0.5) is 5.82 Å². The number of ether oxygens (including phenoxy) is 1. The van der Waals surface area contributed by atoms with Crippen LogP contribution in [0.2, 0.25) is 0 Å². The van der Waals surface area contributed by atoms with Crippen LogP contribution in [0, 0.1) is 5.92 Å². The van der Waals surface area contributed by atoms with Gasteiger partial charge in [0, 0.05) is 14.2 Å². The number of aromatic nitrogens is 4. The monoisotopic (exact) mass is 291 g/mol. The van der Waals surface area contributed by atoms with Crippen molar-refractivity contribution in [3.05, 3.63) is 12.0 Å². The fourth-order valence-electron chi connectivity index (χ4n) is 3.11. The standard InChI is InChI=1S/C14H21N5O2/c1-9-5-4-6-14(7-9,20-3)13-17-12(21-18-13)10-8-16-19(2)11(10)15/h8-9H,4-7,15H2,1-3H3. The number of nitrogens with two attached hydrogens (primary N) is 1. The van der Waals surface area contributed by atoms with E-state index in [1.807, 2.05) is 0 Å². The van der Waals surface area contributed by atoms with Crippen molar-refractivity contribution in [2.75, 3.05) is 12.8 Å². The van der Waals surface area contributed by atoms with Crippen molar-refractivity contribution in [3.63, 3.8) is 0 Å². The first-order valence-electron chi connectivity index (χ1n) is 7.23. The molecule has 2 heterocycles. The molecule has 0 bridgehead atoms. The Balaban J connectivity index is 1.95. The van der Waals surface area contributed by atoms with E-state index in [-0.39, 0.29) is 0 Å². The van der Waals surface area contributed by atoms with Gasteiger partial charge in [-0.25, -0.2) is 0 Å². The van der Waals surface area contributed by atoms with E-state index >= 15 is 0 Å². The quantitative estimate of drug-likeness (QED) is 0.931. The maximum atomic E-state index is 5.95. The average molecular weight is 291 g/mol. The lowest BCUT2D eigenvalue weighted by Gasteiger charge is -2.36. The van der Waals surface area contributed by atoms with Crippen LogP contribution in [0.3, 0.4) is 0 Å². The van der Waals surface area contributed by atoms with Gasteiger partial charge in [-0.3, -0.25) is 4.68 Å². The van der Waals surface area contributed by atoms with Crippen molar-refractivity contribution in [3.8, 4) is 11.5 Å². The lowest BCUT2D eigenvalue weighted by atomic mass is 9.78. The molecule has 2 N–H and O–H groups in total. The predicted molar refractivity (Wildman–Crippen MR) is 77.2 cm³/mol. The maximum Gasteiger partial charge on any atom is 0.263 e. The molecule has 7 nitrogen and oxygen atoms in total. The zero-order valence-electron chi connectivity index (χ0n) is 12.7. The van der Waals surface area contributed by atoms with Gasteiger partial charge in [0.15, 0.2) is 0 Å². The molecule has 1 saturated carbocycles. The van der Waals surface area contributed by atoms with Gasteiger partial charge in [-0.05, 0) is 25.2 Å². The Kier molecular flexibility index (Phi) is 3.44. The molecule has 21 heavy (non-hydrogen) atoms. The van der Waals surface area contributed by atoms with Gasteiger partial charge in [0.1, 0.15) is 17.0 Å². The van der Waals surface area contributed by atoms with E-state index in [0.717, 1.165) is 19.3 Å². The molecule has 1 aliphatic rings. The smallest absolute Gasteiger partial charge is 0.263 e. The van der Waals surface area contributed by atoms with Gasteiger partial charge in [-0.15, -0.1) is 0 Å². The number of rotatable bonds is 3. The highest BCUT2D eigenvalue weighted by atomic mass is 16.5. The fourth-order valence-corrected chi connectivity index (χ4v) is 3.11. The van der Waals surface area contributed by atoms with Gasteiger partial charge in [0.05, 0.1) is 6.20 Å². The first-order valence-corrected chi connectivity index (χ1v) is 7.23. The minimum absolute atomic E-state index is 0.394. The molecular formula is C14H21N5O2. The van der Waals surface area contributed by atoms with Crippen LogP contribution in [-0.4, -0.2) is 27.0 Å². The normalized spacial score (nSPS) is 26.1. The Morgan fingerprint density at radius 1 is 1.52 bits per heavy atom. The second-order valence-electron chi connectivity index (χ2n) is 5.89. The minimum atomic E-state index is -0.448. The Hall–Kier alpha value is -1.89. The molecule has 0 aromatic carbocycles. The van der Waals surface area contributed by atoms with Gasteiger partial charge >= 0.3 is 0 Å². The number of anilines is 1. The zero-order chi connectivity index (χ0) is 15.0. The molecule has 7 heteroatoms. The van der Waals surface area contributed by atoms with Crippen LogP contribution in [0.25, 0.3) is 11.5 Å². The van der Waals surface area contributed by atoms with E-state index in [9.17, 15) is 0 Å². The van der Waals surface area contributed by atoms with Crippen molar-refractivity contribution >= 4 is 5.82 Å². The summed E-state index contributed by atoms with van der Waals surface area (Å²) in [6, 6.07) is 0. The zero-order valence-corrected chi connectivity index (χ0v) is 12.7. The molecule has 2 atom stereocenters. The largest absolute Gasteiger partial charge is 0.383 e.